The summed E-state index contributed by atoms with van der Waals surface area (Å²) in [4.78, 5) is 37.8. The largest absolute Gasteiger partial charge is 0.475 e. The minimum absolute atomic E-state index is 0.0152. The van der Waals surface area contributed by atoms with E-state index in [1.807, 2.05) is 91.0 Å². The molecule has 0 saturated carbocycles. The third-order valence-corrected chi connectivity index (χ3v) is 12.5. The molecule has 362 valence electrons. The van der Waals surface area contributed by atoms with E-state index >= 15 is 0 Å². The van der Waals surface area contributed by atoms with Gasteiger partial charge in [0.1, 0.15) is 13.2 Å². The van der Waals surface area contributed by atoms with Crippen molar-refractivity contribution in [2.45, 2.75) is 187 Å². The first-order valence-corrected chi connectivity index (χ1v) is 26.2. The SMILES string of the molecule is CCCCCCCCCCCCCCCC(=O)OC(COC(=O)CCCCCCCCCCCNC(=O)OCc1ccccc1)COP(=O)(OCc1ccccc1)OCc1ccccc1. The van der Waals surface area contributed by atoms with E-state index < -0.39 is 19.9 Å². The number of carbonyl (C=O) groups excluding carboxylic acids is 3. The Morgan fingerprint density at radius 2 is 0.862 bits per heavy atom. The molecule has 0 radical (unpaired) electrons. The highest BCUT2D eigenvalue weighted by atomic mass is 31.2. The molecule has 3 aromatic rings. The van der Waals surface area contributed by atoms with Gasteiger partial charge in [0.25, 0.3) is 0 Å². The van der Waals surface area contributed by atoms with Crippen LogP contribution in [0, 0.1) is 0 Å². The van der Waals surface area contributed by atoms with Crippen LogP contribution >= 0.6 is 7.82 Å². The zero-order valence-corrected chi connectivity index (χ0v) is 40.4. The molecule has 1 amide bonds. The molecular formula is C53H80NO10P. The molecule has 0 bridgehead atoms. The molecule has 1 unspecified atom stereocenters. The maximum atomic E-state index is 14.0. The van der Waals surface area contributed by atoms with E-state index in [9.17, 15) is 18.9 Å². The van der Waals surface area contributed by atoms with E-state index in [4.69, 9.17) is 27.8 Å². The van der Waals surface area contributed by atoms with E-state index in [1.165, 1.54) is 57.8 Å². The number of alkyl carbamates (subject to hydrolysis) is 1. The van der Waals surface area contributed by atoms with Crippen molar-refractivity contribution in [1.82, 2.24) is 5.32 Å². The third kappa shape index (κ3) is 30.0. The number of benzene rings is 3. The first-order chi connectivity index (χ1) is 31.8. The number of unbranched alkanes of at least 4 members (excludes halogenated alkanes) is 20. The summed E-state index contributed by atoms with van der Waals surface area (Å²) in [6.07, 6.45) is 23.8. The first-order valence-electron chi connectivity index (χ1n) is 24.8. The second-order valence-electron chi connectivity index (χ2n) is 17.0. The number of hydrogen-bond acceptors (Lipinski definition) is 10. The number of nitrogens with one attached hydrogen (secondary N) is 1. The van der Waals surface area contributed by atoms with Crippen molar-refractivity contribution in [2.24, 2.45) is 0 Å². The highest BCUT2D eigenvalue weighted by Crippen LogP contribution is 2.51. The second kappa shape index (κ2) is 37.1. The lowest BCUT2D eigenvalue weighted by Gasteiger charge is -2.22. The van der Waals surface area contributed by atoms with Crippen molar-refractivity contribution in [3.05, 3.63) is 108 Å². The Kier molecular flexibility index (Phi) is 31.6. The maximum absolute atomic E-state index is 14.0. The zero-order valence-electron chi connectivity index (χ0n) is 39.5. The average Bonchev–Trinajstić information content (AvgIpc) is 3.33. The predicted molar refractivity (Wildman–Crippen MR) is 258 cm³/mol. The predicted octanol–water partition coefficient (Wildman–Crippen LogP) is 14.3. The Morgan fingerprint density at radius 3 is 1.32 bits per heavy atom. The van der Waals surface area contributed by atoms with Crippen LogP contribution in [0.5, 0.6) is 0 Å². The van der Waals surface area contributed by atoms with Crippen LogP contribution in [0.15, 0.2) is 91.0 Å². The molecule has 0 aliphatic heterocycles. The lowest BCUT2D eigenvalue weighted by molar-refractivity contribution is -0.161. The number of carbonyl (C=O) groups is 3. The van der Waals surface area contributed by atoms with Crippen molar-refractivity contribution in [3.63, 3.8) is 0 Å². The van der Waals surface area contributed by atoms with E-state index in [-0.39, 0.29) is 57.9 Å². The molecule has 12 heteroatoms. The lowest BCUT2D eigenvalue weighted by atomic mass is 10.0. The third-order valence-electron chi connectivity index (χ3n) is 11.1. The van der Waals surface area contributed by atoms with Gasteiger partial charge in [0.2, 0.25) is 0 Å². The van der Waals surface area contributed by atoms with Crippen LogP contribution in [0.4, 0.5) is 4.79 Å². The molecule has 11 nitrogen and oxygen atoms in total. The number of phosphoric acid groups is 1. The van der Waals surface area contributed by atoms with Crippen molar-refractivity contribution in [1.29, 1.82) is 0 Å². The Morgan fingerprint density at radius 1 is 0.462 bits per heavy atom. The molecule has 1 atom stereocenters. The van der Waals surface area contributed by atoms with E-state index in [2.05, 4.69) is 12.2 Å². The Balaban J connectivity index is 1.35. The van der Waals surface area contributed by atoms with Gasteiger partial charge in [-0.2, -0.15) is 0 Å². The summed E-state index contributed by atoms with van der Waals surface area (Å²) in [6.45, 7) is 2.52. The summed E-state index contributed by atoms with van der Waals surface area (Å²) in [7, 11) is -4.15. The second-order valence-corrected chi connectivity index (χ2v) is 18.6. The van der Waals surface area contributed by atoms with Crippen LogP contribution in [-0.4, -0.2) is 43.9 Å². The summed E-state index contributed by atoms with van der Waals surface area (Å²) < 4.78 is 47.9. The molecule has 0 aromatic heterocycles. The van der Waals surface area contributed by atoms with Gasteiger partial charge in [-0.25, -0.2) is 9.36 Å². The minimum Gasteiger partial charge on any atom is -0.462 e. The van der Waals surface area contributed by atoms with Gasteiger partial charge >= 0.3 is 25.9 Å². The molecule has 0 spiro atoms. The van der Waals surface area contributed by atoms with Crippen LogP contribution in [0.2, 0.25) is 0 Å². The molecule has 3 rings (SSSR count). The fraction of sp³-hybridized carbons (Fsp3) is 0.604. The Bertz CT molecular complexity index is 1630. The van der Waals surface area contributed by atoms with E-state index in [0.717, 1.165) is 87.3 Å². The topological polar surface area (TPSA) is 136 Å². The van der Waals surface area contributed by atoms with Crippen molar-refractivity contribution in [3.8, 4) is 0 Å². The molecule has 1 N–H and O–H groups in total. The van der Waals surface area contributed by atoms with Gasteiger partial charge < -0.3 is 19.5 Å². The van der Waals surface area contributed by atoms with Gasteiger partial charge in [-0.05, 0) is 36.0 Å². The molecule has 0 fully saturated rings. The van der Waals surface area contributed by atoms with Gasteiger partial charge in [0.15, 0.2) is 6.10 Å². The summed E-state index contributed by atoms with van der Waals surface area (Å²) in [5.41, 5.74) is 2.54. The molecule has 3 aromatic carbocycles. The van der Waals surface area contributed by atoms with Crippen LogP contribution in [0.3, 0.4) is 0 Å². The summed E-state index contributed by atoms with van der Waals surface area (Å²) >= 11 is 0. The van der Waals surface area contributed by atoms with E-state index in [1.54, 1.807) is 0 Å². The molecule has 65 heavy (non-hydrogen) atoms. The van der Waals surface area contributed by atoms with E-state index in [0.29, 0.717) is 19.4 Å². The Hall–Kier alpha value is -4.02. The van der Waals surface area contributed by atoms with Gasteiger partial charge in [0.05, 0.1) is 19.8 Å². The van der Waals surface area contributed by atoms with Crippen molar-refractivity contribution >= 4 is 25.9 Å². The summed E-state index contributed by atoms with van der Waals surface area (Å²) in [6, 6.07) is 28.2. The quantitative estimate of drug-likeness (QED) is 0.0254. The smallest absolute Gasteiger partial charge is 0.462 e. The number of rotatable bonds is 40. The number of hydrogen-bond donors (Lipinski definition) is 1. The van der Waals surface area contributed by atoms with Crippen LogP contribution < -0.4 is 5.32 Å². The molecule has 0 heterocycles. The zero-order chi connectivity index (χ0) is 46.3. The summed E-state index contributed by atoms with van der Waals surface area (Å²) in [5, 5.41) is 2.82. The fourth-order valence-corrected chi connectivity index (χ4v) is 8.43. The number of esters is 2. The first kappa shape index (κ1) is 55.3. The lowest BCUT2D eigenvalue weighted by Crippen LogP contribution is -2.29. The fourth-order valence-electron chi connectivity index (χ4n) is 7.24. The van der Waals surface area contributed by atoms with Crippen molar-refractivity contribution in [2.75, 3.05) is 19.8 Å². The van der Waals surface area contributed by atoms with Gasteiger partial charge in [-0.15, -0.1) is 0 Å². The highest BCUT2D eigenvalue weighted by Gasteiger charge is 2.30. The minimum atomic E-state index is -4.15. The molecule has 0 aliphatic rings. The standard InChI is InChI=1S/C53H80NO10P/c1-2-3-4-5-6-7-8-9-10-12-16-19-31-40-52(56)64-50(46-63-65(58,61-43-48-35-26-22-27-36-48)62-44-49-37-28-23-29-38-49)45-59-51(55)39-30-18-15-13-11-14-17-20-32-41-54-53(57)60-42-47-33-24-21-25-34-47/h21-29,33-38,50H,2-20,30-32,39-46H2,1H3,(H,54,57). The van der Waals surface area contributed by atoms with Crippen LogP contribution in [0.1, 0.15) is 178 Å². The Labute approximate surface area is 391 Å². The van der Waals surface area contributed by atoms with Gasteiger partial charge in [-0.1, -0.05) is 220 Å². The maximum Gasteiger partial charge on any atom is 0.475 e. The number of phosphoric ester groups is 1. The average molecular weight is 922 g/mol. The number of amides is 1. The van der Waals surface area contributed by atoms with Gasteiger partial charge in [0, 0.05) is 19.4 Å². The monoisotopic (exact) mass is 922 g/mol. The normalized spacial score (nSPS) is 11.8. The highest BCUT2D eigenvalue weighted by molar-refractivity contribution is 7.48. The van der Waals surface area contributed by atoms with Crippen LogP contribution in [0.25, 0.3) is 0 Å². The number of ether oxygens (including phenoxy) is 3. The van der Waals surface area contributed by atoms with Crippen LogP contribution in [-0.2, 0) is 61.8 Å². The molecular weight excluding hydrogens is 842 g/mol. The summed E-state index contributed by atoms with van der Waals surface area (Å²) in [5.74, 6) is -0.803. The molecule has 0 saturated heterocycles. The molecule has 0 aliphatic carbocycles. The van der Waals surface area contributed by atoms with Crippen molar-refractivity contribution < 1.29 is 46.7 Å². The van der Waals surface area contributed by atoms with Gasteiger partial charge in [-0.3, -0.25) is 23.2 Å².